The monoisotopic (exact) mass is 329 g/mol. The van der Waals surface area contributed by atoms with Gasteiger partial charge >= 0.3 is 0 Å². The molecule has 0 radical (unpaired) electrons. The predicted octanol–water partition coefficient (Wildman–Crippen LogP) is 2.81. The average Bonchev–Trinajstić information content (AvgIpc) is 2.44. The van der Waals surface area contributed by atoms with Crippen molar-refractivity contribution in [2.45, 2.75) is 25.3 Å². The second kappa shape index (κ2) is 6.20. The summed E-state index contributed by atoms with van der Waals surface area (Å²) in [6.45, 7) is 5.98. The number of rotatable bonds is 4. The van der Waals surface area contributed by atoms with Crippen LogP contribution in [-0.4, -0.2) is 36.6 Å². The van der Waals surface area contributed by atoms with Crippen molar-refractivity contribution in [3.05, 3.63) is 28.5 Å². The zero-order chi connectivity index (χ0) is 13.9. The quantitative estimate of drug-likeness (QED) is 0.892. The third kappa shape index (κ3) is 3.46. The summed E-state index contributed by atoms with van der Waals surface area (Å²) in [5.41, 5.74) is 6.83. The molecule has 0 aromatic heterocycles. The van der Waals surface area contributed by atoms with Crippen molar-refractivity contribution in [2.24, 2.45) is 5.73 Å². The lowest BCUT2D eigenvalue weighted by Crippen LogP contribution is -2.53. The van der Waals surface area contributed by atoms with Crippen LogP contribution in [0.2, 0.25) is 0 Å². The van der Waals surface area contributed by atoms with E-state index in [2.05, 4.69) is 33.1 Å². The number of halogens is 2. The number of benzene rings is 1. The van der Waals surface area contributed by atoms with Gasteiger partial charge in [0, 0.05) is 25.3 Å². The number of piperidine rings is 1. The van der Waals surface area contributed by atoms with Crippen molar-refractivity contribution in [3.8, 4) is 0 Å². The highest BCUT2D eigenvalue weighted by Gasteiger charge is 2.32. The summed E-state index contributed by atoms with van der Waals surface area (Å²) < 4.78 is 13.7. The highest BCUT2D eigenvalue weighted by molar-refractivity contribution is 9.10. The molecule has 0 bridgehead atoms. The maximum Gasteiger partial charge on any atom is 0.137 e. The van der Waals surface area contributed by atoms with E-state index in [4.69, 9.17) is 5.73 Å². The molecule has 1 aliphatic heterocycles. The Kier molecular flexibility index (Phi) is 4.81. The molecule has 1 aliphatic rings. The number of hydrogen-bond donors (Lipinski definition) is 2. The Balaban J connectivity index is 2.08. The van der Waals surface area contributed by atoms with Crippen LogP contribution in [0.3, 0.4) is 0 Å². The van der Waals surface area contributed by atoms with E-state index in [-0.39, 0.29) is 11.4 Å². The smallest absolute Gasteiger partial charge is 0.137 e. The van der Waals surface area contributed by atoms with Crippen LogP contribution in [0.1, 0.15) is 19.8 Å². The third-order valence-corrected chi connectivity index (χ3v) is 4.59. The molecule has 0 saturated carbocycles. The van der Waals surface area contributed by atoms with Gasteiger partial charge in [-0.2, -0.15) is 0 Å². The Bertz CT molecular complexity index is 431. The lowest BCUT2D eigenvalue weighted by molar-refractivity contribution is 0.184. The van der Waals surface area contributed by atoms with Gasteiger partial charge in [0.05, 0.1) is 10.0 Å². The van der Waals surface area contributed by atoms with Crippen molar-refractivity contribution in [1.29, 1.82) is 0 Å². The highest BCUT2D eigenvalue weighted by Crippen LogP contribution is 2.28. The molecule has 2 rings (SSSR count). The van der Waals surface area contributed by atoms with Crippen molar-refractivity contribution in [3.63, 3.8) is 0 Å². The summed E-state index contributed by atoms with van der Waals surface area (Å²) in [4.78, 5) is 2.43. The second-order valence-electron chi connectivity index (χ2n) is 5.17. The van der Waals surface area contributed by atoms with Crippen molar-refractivity contribution < 1.29 is 4.39 Å². The molecule has 0 amide bonds. The van der Waals surface area contributed by atoms with E-state index in [1.807, 2.05) is 0 Å². The largest absolute Gasteiger partial charge is 0.378 e. The van der Waals surface area contributed by atoms with Gasteiger partial charge in [-0.15, -0.1) is 0 Å². The lowest BCUT2D eigenvalue weighted by atomic mass is 9.87. The van der Waals surface area contributed by atoms with Crippen LogP contribution in [0.5, 0.6) is 0 Å². The molecule has 0 spiro atoms. The minimum absolute atomic E-state index is 0.0665. The molecule has 3 nitrogen and oxygen atoms in total. The Morgan fingerprint density at radius 2 is 2.11 bits per heavy atom. The molecule has 0 aliphatic carbocycles. The molecule has 1 fully saturated rings. The van der Waals surface area contributed by atoms with Crippen LogP contribution in [-0.2, 0) is 0 Å². The topological polar surface area (TPSA) is 41.3 Å². The Morgan fingerprint density at radius 1 is 1.42 bits per heavy atom. The van der Waals surface area contributed by atoms with E-state index in [0.717, 1.165) is 38.2 Å². The fourth-order valence-corrected chi connectivity index (χ4v) is 2.94. The molecule has 5 heteroatoms. The first-order valence-electron chi connectivity index (χ1n) is 6.74. The molecule has 1 aromatic rings. The van der Waals surface area contributed by atoms with E-state index in [1.165, 1.54) is 6.07 Å². The van der Waals surface area contributed by atoms with E-state index >= 15 is 0 Å². The second-order valence-corrected chi connectivity index (χ2v) is 6.03. The summed E-state index contributed by atoms with van der Waals surface area (Å²) in [5, 5.41) is 3.51. The minimum atomic E-state index is -0.242. The van der Waals surface area contributed by atoms with Gasteiger partial charge in [-0.3, -0.25) is 0 Å². The number of hydrogen-bond acceptors (Lipinski definition) is 3. The molecule has 19 heavy (non-hydrogen) atoms. The fourth-order valence-electron chi connectivity index (χ4n) is 2.56. The van der Waals surface area contributed by atoms with Gasteiger partial charge in [-0.1, -0.05) is 6.92 Å². The molecule has 1 saturated heterocycles. The predicted molar refractivity (Wildman–Crippen MR) is 80.9 cm³/mol. The van der Waals surface area contributed by atoms with E-state index in [0.29, 0.717) is 11.0 Å². The van der Waals surface area contributed by atoms with Crippen LogP contribution in [0.25, 0.3) is 0 Å². The molecule has 106 valence electrons. The lowest BCUT2D eigenvalue weighted by Gasteiger charge is -2.42. The summed E-state index contributed by atoms with van der Waals surface area (Å²) >= 11 is 3.22. The molecule has 3 N–H and O–H groups in total. The summed E-state index contributed by atoms with van der Waals surface area (Å²) in [6.07, 6.45) is 2.04. The molecule has 0 atom stereocenters. The highest BCUT2D eigenvalue weighted by atomic mass is 79.9. The first-order chi connectivity index (χ1) is 9.08. The van der Waals surface area contributed by atoms with E-state index < -0.39 is 0 Å². The Labute approximate surface area is 122 Å². The first kappa shape index (κ1) is 14.8. The van der Waals surface area contributed by atoms with E-state index in [1.54, 1.807) is 12.1 Å². The van der Waals surface area contributed by atoms with Gasteiger partial charge in [0.1, 0.15) is 5.82 Å². The van der Waals surface area contributed by atoms with Crippen LogP contribution >= 0.6 is 15.9 Å². The normalized spacial score (nSPS) is 19.4. The average molecular weight is 330 g/mol. The molecule has 1 aromatic carbocycles. The van der Waals surface area contributed by atoms with E-state index in [9.17, 15) is 4.39 Å². The molecule has 0 unspecified atom stereocenters. The Hall–Kier alpha value is -0.650. The zero-order valence-corrected chi connectivity index (χ0v) is 12.8. The maximum atomic E-state index is 13.2. The molecular formula is C14H21BrFN3. The summed E-state index contributed by atoms with van der Waals surface area (Å²) in [5.74, 6) is -0.242. The summed E-state index contributed by atoms with van der Waals surface area (Å²) in [6, 6.07) is 5.01. The number of nitrogens with two attached hydrogens (primary N) is 1. The van der Waals surface area contributed by atoms with Gasteiger partial charge in [-0.25, -0.2) is 4.39 Å². The Morgan fingerprint density at radius 3 is 2.63 bits per heavy atom. The van der Waals surface area contributed by atoms with Gasteiger partial charge < -0.3 is 16.0 Å². The van der Waals surface area contributed by atoms with Crippen molar-refractivity contribution in [1.82, 2.24) is 4.90 Å². The fraction of sp³-hybridized carbons (Fsp3) is 0.571. The minimum Gasteiger partial charge on any atom is -0.378 e. The number of anilines is 1. The van der Waals surface area contributed by atoms with Crippen LogP contribution in [0.15, 0.2) is 22.7 Å². The molecule has 1 heterocycles. The first-order valence-corrected chi connectivity index (χ1v) is 7.53. The number of likely N-dealkylation sites (tertiary alicyclic amines) is 1. The van der Waals surface area contributed by atoms with Crippen molar-refractivity contribution >= 4 is 21.6 Å². The van der Waals surface area contributed by atoms with Gasteiger partial charge in [0.2, 0.25) is 0 Å². The van der Waals surface area contributed by atoms with Crippen LogP contribution in [0.4, 0.5) is 10.1 Å². The van der Waals surface area contributed by atoms with Gasteiger partial charge in [0.15, 0.2) is 0 Å². The summed E-state index contributed by atoms with van der Waals surface area (Å²) in [7, 11) is 0. The van der Waals surface area contributed by atoms with Crippen LogP contribution < -0.4 is 11.1 Å². The third-order valence-electron chi connectivity index (χ3n) is 3.98. The van der Waals surface area contributed by atoms with Crippen molar-refractivity contribution in [2.75, 3.05) is 31.5 Å². The van der Waals surface area contributed by atoms with Crippen LogP contribution in [0, 0.1) is 5.82 Å². The number of nitrogens with one attached hydrogen (secondary N) is 1. The zero-order valence-electron chi connectivity index (χ0n) is 11.3. The SMILES string of the molecule is CCN1CCC(CN)(Nc2ccc(F)c(Br)c2)CC1. The number of nitrogens with zero attached hydrogens (tertiary/aromatic N) is 1. The standard InChI is InChI=1S/C14H21BrFN3/c1-2-19-7-5-14(10-17,6-8-19)18-11-3-4-13(16)12(15)9-11/h3-4,9,18H,2,5-8,10,17H2,1H3. The van der Waals surface area contributed by atoms with Gasteiger partial charge in [-0.05, 0) is 53.5 Å². The van der Waals surface area contributed by atoms with Gasteiger partial charge in [0.25, 0.3) is 0 Å². The molecular weight excluding hydrogens is 309 g/mol. The maximum absolute atomic E-state index is 13.2.